The lowest BCUT2D eigenvalue weighted by atomic mass is 10.1. The average molecular weight is 354 g/mol. The SMILES string of the molecule is CCOC(=O)c1ccc(OC(CC)[C@@H]2CCCN2CC)cc1CCl. The molecule has 2 rings (SSSR count). The lowest BCUT2D eigenvalue weighted by molar-refractivity contribution is 0.0525. The molecule has 1 saturated heterocycles. The van der Waals surface area contributed by atoms with Crippen molar-refractivity contribution in [3.63, 3.8) is 0 Å². The van der Waals surface area contributed by atoms with Crippen molar-refractivity contribution in [3.05, 3.63) is 29.3 Å². The molecule has 1 heterocycles. The summed E-state index contributed by atoms with van der Waals surface area (Å²) >= 11 is 6.02. The topological polar surface area (TPSA) is 38.8 Å². The third-order valence-corrected chi connectivity index (χ3v) is 4.94. The summed E-state index contributed by atoms with van der Waals surface area (Å²) in [6, 6.07) is 5.93. The molecule has 1 aliphatic heterocycles. The molecule has 0 N–H and O–H groups in total. The zero-order valence-corrected chi connectivity index (χ0v) is 15.6. The number of rotatable bonds is 8. The van der Waals surface area contributed by atoms with Gasteiger partial charge in [-0.2, -0.15) is 0 Å². The second-order valence-electron chi connectivity index (χ2n) is 6.08. The van der Waals surface area contributed by atoms with Gasteiger partial charge in [0.2, 0.25) is 0 Å². The van der Waals surface area contributed by atoms with E-state index in [-0.39, 0.29) is 18.0 Å². The van der Waals surface area contributed by atoms with Crippen LogP contribution in [0.4, 0.5) is 0 Å². The number of likely N-dealkylation sites (tertiary alicyclic amines) is 1. The van der Waals surface area contributed by atoms with Crippen LogP contribution in [0.25, 0.3) is 0 Å². The lowest BCUT2D eigenvalue weighted by Crippen LogP contribution is -2.41. The van der Waals surface area contributed by atoms with Gasteiger partial charge < -0.3 is 9.47 Å². The van der Waals surface area contributed by atoms with Crippen molar-refractivity contribution in [1.82, 2.24) is 4.90 Å². The van der Waals surface area contributed by atoms with Crippen LogP contribution in [-0.2, 0) is 10.6 Å². The molecule has 1 aromatic rings. The Balaban J connectivity index is 2.15. The third kappa shape index (κ3) is 4.42. The van der Waals surface area contributed by atoms with Crippen molar-refractivity contribution in [2.24, 2.45) is 0 Å². The largest absolute Gasteiger partial charge is 0.489 e. The molecule has 1 fully saturated rings. The molecule has 0 radical (unpaired) electrons. The fourth-order valence-electron chi connectivity index (χ4n) is 3.44. The van der Waals surface area contributed by atoms with Crippen molar-refractivity contribution in [1.29, 1.82) is 0 Å². The number of carbonyl (C=O) groups excluding carboxylic acids is 1. The Hall–Kier alpha value is -1.26. The van der Waals surface area contributed by atoms with Gasteiger partial charge in [0, 0.05) is 11.9 Å². The Kier molecular flexibility index (Phi) is 7.38. The van der Waals surface area contributed by atoms with Crippen molar-refractivity contribution >= 4 is 17.6 Å². The molecular formula is C19H28ClNO3. The summed E-state index contributed by atoms with van der Waals surface area (Å²) in [5, 5.41) is 0. The van der Waals surface area contributed by atoms with Crippen LogP contribution in [0, 0.1) is 0 Å². The van der Waals surface area contributed by atoms with E-state index >= 15 is 0 Å². The highest BCUT2D eigenvalue weighted by molar-refractivity contribution is 6.17. The van der Waals surface area contributed by atoms with Crippen LogP contribution >= 0.6 is 11.6 Å². The molecular weight excluding hydrogens is 326 g/mol. The van der Waals surface area contributed by atoms with Crippen LogP contribution in [0.2, 0.25) is 0 Å². The van der Waals surface area contributed by atoms with Gasteiger partial charge in [-0.05, 0) is 63.0 Å². The number of esters is 1. The molecule has 0 saturated carbocycles. The van der Waals surface area contributed by atoms with E-state index in [0.717, 1.165) is 30.8 Å². The minimum Gasteiger partial charge on any atom is -0.489 e. The number of hydrogen-bond donors (Lipinski definition) is 0. The maximum atomic E-state index is 12.0. The molecule has 4 nitrogen and oxygen atoms in total. The predicted molar refractivity (Wildman–Crippen MR) is 96.9 cm³/mol. The standard InChI is InChI=1S/C19H28ClNO3/c1-4-18(17-8-7-11-21(17)5-2)24-15-9-10-16(14(12-15)13-20)19(22)23-6-3/h9-10,12,17-18H,4-8,11,13H2,1-3H3/t17-,18?/m0/s1. The second-order valence-corrected chi connectivity index (χ2v) is 6.34. The Bertz CT molecular complexity index is 549. The molecule has 0 aliphatic carbocycles. The molecule has 0 amide bonds. The monoisotopic (exact) mass is 353 g/mol. The highest BCUT2D eigenvalue weighted by Gasteiger charge is 2.31. The average Bonchev–Trinajstić information content (AvgIpc) is 3.08. The summed E-state index contributed by atoms with van der Waals surface area (Å²) < 4.78 is 11.3. The summed E-state index contributed by atoms with van der Waals surface area (Å²) in [7, 11) is 0. The van der Waals surface area contributed by atoms with Gasteiger partial charge in [0.15, 0.2) is 0 Å². The van der Waals surface area contributed by atoms with Gasteiger partial charge in [-0.15, -0.1) is 11.6 Å². The van der Waals surface area contributed by atoms with Crippen LogP contribution in [0.15, 0.2) is 18.2 Å². The number of carbonyl (C=O) groups is 1. The van der Waals surface area contributed by atoms with Crippen LogP contribution in [0.3, 0.4) is 0 Å². The number of nitrogens with zero attached hydrogens (tertiary/aromatic N) is 1. The van der Waals surface area contributed by atoms with Gasteiger partial charge in [-0.1, -0.05) is 13.8 Å². The highest BCUT2D eigenvalue weighted by atomic mass is 35.5. The van der Waals surface area contributed by atoms with Crippen molar-refractivity contribution in [3.8, 4) is 5.75 Å². The normalized spacial score (nSPS) is 19.2. The van der Waals surface area contributed by atoms with Crippen LogP contribution in [0.5, 0.6) is 5.75 Å². The molecule has 1 unspecified atom stereocenters. The molecule has 1 aliphatic rings. The van der Waals surface area contributed by atoms with Crippen LogP contribution in [-0.4, -0.2) is 42.7 Å². The minimum absolute atomic E-state index is 0.157. The smallest absolute Gasteiger partial charge is 0.338 e. The molecule has 134 valence electrons. The van der Waals surface area contributed by atoms with Gasteiger partial charge in [0.05, 0.1) is 12.2 Å². The van der Waals surface area contributed by atoms with E-state index in [0.29, 0.717) is 18.2 Å². The summed E-state index contributed by atoms with van der Waals surface area (Å²) in [6.45, 7) is 8.71. The minimum atomic E-state index is -0.334. The third-order valence-electron chi connectivity index (χ3n) is 4.66. The van der Waals surface area contributed by atoms with E-state index in [1.54, 1.807) is 13.0 Å². The van der Waals surface area contributed by atoms with Crippen molar-refractivity contribution < 1.29 is 14.3 Å². The number of halogens is 1. The zero-order valence-electron chi connectivity index (χ0n) is 14.9. The molecule has 24 heavy (non-hydrogen) atoms. The maximum Gasteiger partial charge on any atom is 0.338 e. The first kappa shape index (κ1) is 19.1. The maximum absolute atomic E-state index is 12.0. The van der Waals surface area contributed by atoms with E-state index in [9.17, 15) is 4.79 Å². The number of hydrogen-bond acceptors (Lipinski definition) is 4. The molecule has 0 aromatic heterocycles. The van der Waals surface area contributed by atoms with Gasteiger partial charge in [-0.25, -0.2) is 4.79 Å². The summed E-state index contributed by atoms with van der Waals surface area (Å²) in [5.41, 5.74) is 1.27. The molecule has 0 spiro atoms. The van der Waals surface area contributed by atoms with E-state index in [1.165, 1.54) is 12.8 Å². The number of alkyl halides is 1. The summed E-state index contributed by atoms with van der Waals surface area (Å²) in [5.74, 6) is 0.695. The van der Waals surface area contributed by atoms with E-state index < -0.39 is 0 Å². The molecule has 0 bridgehead atoms. The lowest BCUT2D eigenvalue weighted by Gasteiger charge is -2.30. The quantitative estimate of drug-likeness (QED) is 0.517. The van der Waals surface area contributed by atoms with Gasteiger partial charge in [0.1, 0.15) is 11.9 Å². The number of benzene rings is 1. The van der Waals surface area contributed by atoms with E-state index in [4.69, 9.17) is 21.1 Å². The van der Waals surface area contributed by atoms with Gasteiger partial charge in [0.25, 0.3) is 0 Å². The van der Waals surface area contributed by atoms with Gasteiger partial charge in [-0.3, -0.25) is 4.90 Å². The van der Waals surface area contributed by atoms with Crippen LogP contribution in [0.1, 0.15) is 56.0 Å². The first-order chi connectivity index (χ1) is 11.6. The van der Waals surface area contributed by atoms with Crippen molar-refractivity contribution in [2.75, 3.05) is 19.7 Å². The Morgan fingerprint density at radius 2 is 2.17 bits per heavy atom. The fourth-order valence-corrected chi connectivity index (χ4v) is 3.66. The van der Waals surface area contributed by atoms with E-state index in [2.05, 4.69) is 18.7 Å². The van der Waals surface area contributed by atoms with Gasteiger partial charge >= 0.3 is 5.97 Å². The first-order valence-corrected chi connectivity index (χ1v) is 9.44. The van der Waals surface area contributed by atoms with E-state index in [1.807, 2.05) is 12.1 Å². The Labute approximate surface area is 150 Å². The fraction of sp³-hybridized carbons (Fsp3) is 0.632. The zero-order chi connectivity index (χ0) is 17.5. The Morgan fingerprint density at radius 3 is 2.79 bits per heavy atom. The molecule has 1 aromatic carbocycles. The first-order valence-electron chi connectivity index (χ1n) is 8.91. The Morgan fingerprint density at radius 1 is 1.38 bits per heavy atom. The number of likely N-dealkylation sites (N-methyl/N-ethyl adjacent to an activating group) is 1. The molecule has 2 atom stereocenters. The predicted octanol–water partition coefficient (Wildman–Crippen LogP) is 4.24. The second kappa shape index (κ2) is 9.28. The number of ether oxygens (including phenoxy) is 2. The highest BCUT2D eigenvalue weighted by Crippen LogP contribution is 2.27. The summed E-state index contributed by atoms with van der Waals surface area (Å²) in [6.07, 6.45) is 3.52. The molecule has 5 heteroatoms. The summed E-state index contributed by atoms with van der Waals surface area (Å²) in [4.78, 5) is 14.5. The van der Waals surface area contributed by atoms with Crippen LogP contribution < -0.4 is 4.74 Å². The van der Waals surface area contributed by atoms with Crippen molar-refractivity contribution in [2.45, 2.75) is 58.1 Å².